The van der Waals surface area contributed by atoms with Crippen molar-refractivity contribution < 1.29 is 26.6 Å². The van der Waals surface area contributed by atoms with Crippen LogP contribution >= 0.6 is 0 Å². The minimum absolute atomic E-state index is 0.00861. The zero-order chi connectivity index (χ0) is 21.3. The summed E-state index contributed by atoms with van der Waals surface area (Å²) >= 11 is -4.98. The largest absolute Gasteiger partial charge is 0.352 e. The molecule has 0 aliphatic heterocycles. The van der Waals surface area contributed by atoms with Gasteiger partial charge >= 0.3 is 88.1 Å². The molecule has 0 fully saturated rings. The summed E-state index contributed by atoms with van der Waals surface area (Å²) in [6.07, 6.45) is 0. The fourth-order valence-electron chi connectivity index (χ4n) is 1.98. The topological polar surface area (TPSA) is 136 Å². The predicted octanol–water partition coefficient (Wildman–Crippen LogP) is 0.984. The van der Waals surface area contributed by atoms with Crippen LogP contribution in [0.3, 0.4) is 0 Å². The van der Waals surface area contributed by atoms with Crippen LogP contribution in [-0.2, 0) is 8.53 Å². The Balaban J connectivity index is 0.000000283. The molecule has 152 valence electrons. The van der Waals surface area contributed by atoms with Gasteiger partial charge in [-0.2, -0.15) is 0 Å². The van der Waals surface area contributed by atoms with E-state index in [1.54, 1.807) is 0 Å². The maximum Gasteiger partial charge on any atom is 0.251 e. The predicted molar refractivity (Wildman–Crippen MR) is 107 cm³/mol. The van der Waals surface area contributed by atoms with E-state index in [1.165, 1.54) is 6.92 Å². The van der Waals surface area contributed by atoms with E-state index in [0.29, 0.717) is 5.92 Å². The van der Waals surface area contributed by atoms with Crippen molar-refractivity contribution in [1.82, 2.24) is 5.32 Å². The minimum Gasteiger partial charge on any atom is -0.352 e. The summed E-state index contributed by atoms with van der Waals surface area (Å²) in [5.74, 6) is -0.166. The zero-order valence-electron chi connectivity index (χ0n) is 15.9. The number of amides is 2. The van der Waals surface area contributed by atoms with Gasteiger partial charge in [-0.25, -0.2) is 0 Å². The van der Waals surface area contributed by atoms with Gasteiger partial charge in [-0.1, -0.05) is 32.0 Å². The summed E-state index contributed by atoms with van der Waals surface area (Å²) in [6, 6.07) is 12.6. The number of rotatable bonds is 5. The van der Waals surface area contributed by atoms with Gasteiger partial charge in [0.25, 0.3) is 5.91 Å². The summed E-state index contributed by atoms with van der Waals surface area (Å²) in [6.45, 7) is 6.11. The number of hydrogen-bond acceptors (Lipinski definition) is 4. The van der Waals surface area contributed by atoms with Crippen LogP contribution < -0.4 is 15.0 Å². The standard InChI is InChI=1S/C11H15NO.C8H10AsNO5/c1-9(2)8-12-11(13)10-6-4-3-5-7-10;1-5(11)10-7-4-6(9(13,14)15)2-3-8(7)12/h3-7,9H,8H2,1-2H3,(H,12,13);2-4,12H,1H3,(H,10,11)(H2,13,14,15). The third-order valence-corrected chi connectivity index (χ3v) is 5.33. The molecule has 0 aliphatic carbocycles. The fourth-order valence-corrected chi connectivity index (χ4v) is 3.17. The van der Waals surface area contributed by atoms with Gasteiger partial charge < -0.3 is 5.32 Å². The Morgan fingerprint density at radius 3 is 2.18 bits per heavy atom. The molecule has 2 aromatic rings. The number of benzene rings is 2. The molecule has 0 heterocycles. The Labute approximate surface area is 166 Å². The van der Waals surface area contributed by atoms with E-state index in [0.717, 1.165) is 30.3 Å². The number of anilines is 1. The fraction of sp³-hybridized carbons (Fsp3) is 0.263. The number of nitrogens with one attached hydrogen (secondary N) is 2. The second-order valence-corrected chi connectivity index (χ2v) is 9.76. The molecule has 0 saturated heterocycles. The molecule has 0 saturated carbocycles. The van der Waals surface area contributed by atoms with Gasteiger partial charge in [-0.05, 0) is 18.1 Å². The van der Waals surface area contributed by atoms with E-state index in [9.17, 15) is 18.4 Å². The summed E-state index contributed by atoms with van der Waals surface area (Å²) in [5.41, 5.74) is 0.716. The molecule has 2 rings (SSSR count). The molecule has 0 radical (unpaired) electrons. The van der Waals surface area contributed by atoms with E-state index in [-0.39, 0.29) is 21.7 Å². The molecular weight excluding hydrogens is 427 g/mol. The first kappa shape index (κ1) is 23.5. The van der Waals surface area contributed by atoms with Crippen LogP contribution in [0.15, 0.2) is 48.5 Å². The molecule has 2 amide bonds. The number of phenols is 1. The van der Waals surface area contributed by atoms with Crippen molar-refractivity contribution in [3.8, 4) is 5.75 Å². The second-order valence-electron chi connectivity index (χ2n) is 6.40. The van der Waals surface area contributed by atoms with Gasteiger partial charge in [-0.3, -0.25) is 4.79 Å². The summed E-state index contributed by atoms with van der Waals surface area (Å²) in [4.78, 5) is 22.2. The Morgan fingerprint density at radius 2 is 1.68 bits per heavy atom. The van der Waals surface area contributed by atoms with Crippen LogP contribution in [0.2, 0.25) is 0 Å². The van der Waals surface area contributed by atoms with Gasteiger partial charge in [0, 0.05) is 12.1 Å². The summed E-state index contributed by atoms with van der Waals surface area (Å²) in [7, 11) is 0. The van der Waals surface area contributed by atoms with Gasteiger partial charge in [0.15, 0.2) is 0 Å². The summed E-state index contributed by atoms with van der Waals surface area (Å²) < 4.78 is 28.6. The van der Waals surface area contributed by atoms with Gasteiger partial charge in [-0.15, -0.1) is 0 Å². The van der Waals surface area contributed by atoms with Crippen LogP contribution in [0.1, 0.15) is 31.1 Å². The smallest absolute Gasteiger partial charge is 0.251 e. The van der Waals surface area contributed by atoms with Crippen molar-refractivity contribution in [2.24, 2.45) is 5.92 Å². The molecule has 8 nitrogen and oxygen atoms in total. The molecule has 2 aromatic carbocycles. The van der Waals surface area contributed by atoms with E-state index in [1.807, 2.05) is 30.3 Å². The number of carbonyl (C=O) groups excluding carboxylic acids is 2. The first-order chi connectivity index (χ1) is 13.0. The zero-order valence-corrected chi connectivity index (χ0v) is 17.8. The quantitative estimate of drug-likeness (QED) is 0.339. The maximum atomic E-state index is 11.4. The van der Waals surface area contributed by atoms with Gasteiger partial charge in [0.2, 0.25) is 0 Å². The molecule has 0 aliphatic rings. The number of carbonyl (C=O) groups is 2. The molecule has 0 unspecified atom stereocenters. The maximum absolute atomic E-state index is 11.4. The Morgan fingerprint density at radius 1 is 1.07 bits per heavy atom. The Hall–Kier alpha value is -2.54. The first-order valence-electron chi connectivity index (χ1n) is 8.50. The van der Waals surface area contributed by atoms with Gasteiger partial charge in [0.05, 0.1) is 0 Å². The van der Waals surface area contributed by atoms with Crippen molar-refractivity contribution in [1.29, 1.82) is 0 Å². The minimum atomic E-state index is -4.98. The third-order valence-electron chi connectivity index (χ3n) is 3.33. The molecule has 0 aromatic heterocycles. The monoisotopic (exact) mass is 452 g/mol. The van der Waals surface area contributed by atoms with Crippen LogP contribution in [0.5, 0.6) is 5.75 Å². The van der Waals surface area contributed by atoms with Crippen molar-refractivity contribution >= 4 is 36.0 Å². The summed E-state index contributed by atoms with van der Waals surface area (Å²) in [5, 5.41) is 14.4. The number of phenolic OH excluding ortho intramolecular Hbond substituents is 1. The van der Waals surface area contributed by atoms with Crippen LogP contribution in [0, 0.1) is 5.92 Å². The van der Waals surface area contributed by atoms with Crippen LogP contribution in [0.4, 0.5) is 5.69 Å². The van der Waals surface area contributed by atoms with Crippen molar-refractivity contribution in [3.63, 3.8) is 0 Å². The van der Waals surface area contributed by atoms with Crippen molar-refractivity contribution in [3.05, 3.63) is 54.1 Å². The molecule has 9 heteroatoms. The number of hydrogen-bond donors (Lipinski definition) is 5. The molecule has 5 N–H and O–H groups in total. The SMILES string of the molecule is CC(=O)Nc1cc([As](=O)(O)O)ccc1O.CC(C)CNC(=O)c1ccccc1. The van der Waals surface area contributed by atoms with E-state index in [2.05, 4.69) is 24.5 Å². The van der Waals surface area contributed by atoms with E-state index >= 15 is 0 Å². The van der Waals surface area contributed by atoms with Crippen LogP contribution in [-0.4, -0.2) is 45.8 Å². The van der Waals surface area contributed by atoms with E-state index < -0.39 is 20.1 Å². The second kappa shape index (κ2) is 10.7. The molecule has 0 spiro atoms. The average Bonchev–Trinajstić information content (AvgIpc) is 2.61. The molecule has 0 bridgehead atoms. The molecular formula is C19H25AsN2O6. The van der Waals surface area contributed by atoms with Gasteiger partial charge in [0.1, 0.15) is 0 Å². The van der Waals surface area contributed by atoms with Crippen LogP contribution in [0.25, 0.3) is 0 Å². The van der Waals surface area contributed by atoms with Crippen molar-refractivity contribution in [2.45, 2.75) is 20.8 Å². The first-order valence-corrected chi connectivity index (χ1v) is 11.9. The van der Waals surface area contributed by atoms with Crippen molar-refractivity contribution in [2.75, 3.05) is 11.9 Å². The number of aromatic hydroxyl groups is 1. The molecule has 28 heavy (non-hydrogen) atoms. The Bertz CT molecular complexity index is 849. The van der Waals surface area contributed by atoms with E-state index in [4.69, 9.17) is 8.19 Å². The molecule has 0 atom stereocenters. The average molecular weight is 452 g/mol. The third kappa shape index (κ3) is 8.43. The normalized spacial score (nSPS) is 10.6. The Kier molecular flexibility index (Phi) is 8.98.